The first-order chi connectivity index (χ1) is 15.8. The predicted octanol–water partition coefficient (Wildman–Crippen LogP) is 4.90. The minimum absolute atomic E-state index is 0.213. The fourth-order valence-corrected chi connectivity index (χ4v) is 3.55. The van der Waals surface area contributed by atoms with Crippen molar-refractivity contribution in [3.8, 4) is 11.5 Å². The molecular weight excluding hydrogens is 433 g/mol. The number of carbonyl (C=O) groups is 1. The van der Waals surface area contributed by atoms with E-state index in [0.29, 0.717) is 30.3 Å². The highest BCUT2D eigenvalue weighted by Gasteiger charge is 2.35. The average Bonchev–Trinajstić information content (AvgIpc) is 2.80. The van der Waals surface area contributed by atoms with Gasteiger partial charge in [-0.3, -0.25) is 9.78 Å². The molecule has 0 saturated carbocycles. The zero-order valence-electron chi connectivity index (χ0n) is 18.0. The number of alkyl halides is 3. The maximum Gasteiger partial charge on any atom is 0.418 e. The molecule has 2 aromatic carbocycles. The van der Waals surface area contributed by atoms with E-state index < -0.39 is 17.6 Å². The Labute approximate surface area is 189 Å². The molecule has 0 unspecified atom stereocenters. The number of pyridine rings is 1. The first-order valence-corrected chi connectivity index (χ1v) is 10.4. The molecule has 4 rings (SSSR count). The number of carbonyl (C=O) groups excluding carboxylic acids is 1. The van der Waals surface area contributed by atoms with Crippen LogP contribution in [-0.4, -0.2) is 49.0 Å². The summed E-state index contributed by atoms with van der Waals surface area (Å²) in [7, 11) is 1.98. The van der Waals surface area contributed by atoms with E-state index in [0.717, 1.165) is 19.2 Å². The second-order valence-electron chi connectivity index (χ2n) is 7.79. The van der Waals surface area contributed by atoms with Crippen LogP contribution < -0.4 is 15.0 Å². The van der Waals surface area contributed by atoms with Crippen molar-refractivity contribution in [1.82, 2.24) is 9.88 Å². The lowest BCUT2D eigenvalue weighted by Crippen LogP contribution is -2.44. The van der Waals surface area contributed by atoms with E-state index in [9.17, 15) is 18.0 Å². The molecule has 2 heterocycles. The Hall–Kier alpha value is -3.59. The second-order valence-corrected chi connectivity index (χ2v) is 7.79. The lowest BCUT2D eigenvalue weighted by molar-refractivity contribution is -0.136. The maximum atomic E-state index is 13.8. The van der Waals surface area contributed by atoms with Gasteiger partial charge < -0.3 is 19.9 Å². The van der Waals surface area contributed by atoms with Gasteiger partial charge in [0.1, 0.15) is 11.5 Å². The summed E-state index contributed by atoms with van der Waals surface area (Å²) in [4.78, 5) is 20.6. The van der Waals surface area contributed by atoms with Gasteiger partial charge in [0.15, 0.2) is 0 Å². The topological polar surface area (TPSA) is 57.7 Å². The van der Waals surface area contributed by atoms with Gasteiger partial charge >= 0.3 is 6.18 Å². The van der Waals surface area contributed by atoms with Crippen molar-refractivity contribution in [2.24, 2.45) is 0 Å². The van der Waals surface area contributed by atoms with E-state index in [1.54, 1.807) is 42.7 Å². The van der Waals surface area contributed by atoms with Crippen LogP contribution in [0, 0.1) is 0 Å². The van der Waals surface area contributed by atoms with Crippen LogP contribution in [0.25, 0.3) is 0 Å². The SMILES string of the molecule is CN1CCN(c2ccc(NC(=O)c3ccc(Oc4cccnc4)cc3)c(C(F)(F)F)c2)CC1. The van der Waals surface area contributed by atoms with Gasteiger partial charge in [-0.2, -0.15) is 13.2 Å². The molecule has 1 fully saturated rings. The number of halogens is 3. The molecule has 1 N–H and O–H groups in total. The summed E-state index contributed by atoms with van der Waals surface area (Å²) in [6.45, 7) is 2.85. The molecule has 9 heteroatoms. The molecule has 6 nitrogen and oxygen atoms in total. The number of nitrogens with one attached hydrogen (secondary N) is 1. The van der Waals surface area contributed by atoms with Gasteiger partial charge in [-0.1, -0.05) is 0 Å². The number of hydrogen-bond donors (Lipinski definition) is 1. The standard InChI is InChI=1S/C24H23F3N4O2/c1-30-11-13-31(14-12-30)18-6-9-22(21(15-18)24(25,26)27)29-23(32)17-4-7-19(8-5-17)33-20-3-2-10-28-16-20/h2-10,15-16H,11-14H2,1H3,(H,29,32). The van der Waals surface area contributed by atoms with Gasteiger partial charge in [0.25, 0.3) is 5.91 Å². The summed E-state index contributed by atoms with van der Waals surface area (Å²) < 4.78 is 46.9. The lowest BCUT2D eigenvalue weighted by Gasteiger charge is -2.34. The summed E-state index contributed by atoms with van der Waals surface area (Å²) in [6.07, 6.45) is -1.44. The Bertz CT molecular complexity index is 1100. The minimum atomic E-state index is -4.60. The van der Waals surface area contributed by atoms with Crippen LogP contribution in [0.2, 0.25) is 0 Å². The number of nitrogens with zero attached hydrogens (tertiary/aromatic N) is 3. The van der Waals surface area contributed by atoms with E-state index in [4.69, 9.17) is 4.74 Å². The minimum Gasteiger partial charge on any atom is -0.456 e. The molecule has 3 aromatic rings. The lowest BCUT2D eigenvalue weighted by atomic mass is 10.1. The molecular formula is C24H23F3N4O2. The van der Waals surface area contributed by atoms with Crippen molar-refractivity contribution >= 4 is 17.3 Å². The van der Waals surface area contributed by atoms with Crippen molar-refractivity contribution in [2.75, 3.05) is 43.4 Å². The van der Waals surface area contributed by atoms with Crippen LogP contribution in [0.4, 0.5) is 24.5 Å². The number of likely N-dealkylation sites (N-methyl/N-ethyl adjacent to an activating group) is 1. The van der Waals surface area contributed by atoms with Gasteiger partial charge in [-0.05, 0) is 61.6 Å². The summed E-state index contributed by atoms with van der Waals surface area (Å²) in [5.41, 5.74) is -0.444. The van der Waals surface area contributed by atoms with Crippen molar-refractivity contribution in [1.29, 1.82) is 0 Å². The van der Waals surface area contributed by atoms with Crippen molar-refractivity contribution in [3.63, 3.8) is 0 Å². The number of benzene rings is 2. The number of ether oxygens (including phenoxy) is 1. The number of anilines is 2. The van der Waals surface area contributed by atoms with Crippen LogP contribution in [0.5, 0.6) is 11.5 Å². The highest BCUT2D eigenvalue weighted by atomic mass is 19.4. The first-order valence-electron chi connectivity index (χ1n) is 10.4. The number of rotatable bonds is 5. The number of aromatic nitrogens is 1. The van der Waals surface area contributed by atoms with Gasteiger partial charge in [-0.25, -0.2) is 0 Å². The van der Waals surface area contributed by atoms with E-state index in [1.807, 2.05) is 11.9 Å². The Morgan fingerprint density at radius 2 is 1.73 bits per heavy atom. The first kappa shape index (κ1) is 22.6. The smallest absolute Gasteiger partial charge is 0.418 e. The van der Waals surface area contributed by atoms with Crippen LogP contribution in [0.15, 0.2) is 67.0 Å². The van der Waals surface area contributed by atoms with Crippen LogP contribution >= 0.6 is 0 Å². The summed E-state index contributed by atoms with van der Waals surface area (Å²) in [5.74, 6) is 0.373. The molecule has 33 heavy (non-hydrogen) atoms. The summed E-state index contributed by atoms with van der Waals surface area (Å²) in [5, 5.41) is 2.40. The van der Waals surface area contributed by atoms with Crippen LogP contribution in [-0.2, 0) is 6.18 Å². The largest absolute Gasteiger partial charge is 0.456 e. The molecule has 0 aliphatic carbocycles. The fraction of sp³-hybridized carbons (Fsp3) is 0.250. The van der Waals surface area contributed by atoms with E-state index in [1.165, 1.54) is 18.2 Å². The molecule has 1 aliphatic heterocycles. The maximum absolute atomic E-state index is 13.8. The molecule has 0 spiro atoms. The van der Waals surface area contributed by atoms with Crippen LogP contribution in [0.3, 0.4) is 0 Å². The molecule has 172 valence electrons. The van der Waals surface area contributed by atoms with E-state index in [-0.39, 0.29) is 11.3 Å². The third-order valence-corrected chi connectivity index (χ3v) is 5.41. The monoisotopic (exact) mass is 456 g/mol. The van der Waals surface area contributed by atoms with Gasteiger partial charge in [0.2, 0.25) is 0 Å². The zero-order valence-corrected chi connectivity index (χ0v) is 18.0. The zero-order chi connectivity index (χ0) is 23.4. The molecule has 0 atom stereocenters. The Morgan fingerprint density at radius 3 is 2.36 bits per heavy atom. The normalized spacial score (nSPS) is 14.7. The fourth-order valence-electron chi connectivity index (χ4n) is 3.55. The van der Waals surface area contributed by atoms with Crippen LogP contribution in [0.1, 0.15) is 15.9 Å². The van der Waals surface area contributed by atoms with Crippen molar-refractivity contribution < 1.29 is 22.7 Å². The Morgan fingerprint density at radius 1 is 1.00 bits per heavy atom. The van der Waals surface area contributed by atoms with E-state index >= 15 is 0 Å². The third-order valence-electron chi connectivity index (χ3n) is 5.41. The quantitative estimate of drug-likeness (QED) is 0.592. The van der Waals surface area contributed by atoms with Gasteiger partial charge in [-0.15, -0.1) is 0 Å². The van der Waals surface area contributed by atoms with Gasteiger partial charge in [0.05, 0.1) is 17.4 Å². The Balaban J connectivity index is 1.49. The third kappa shape index (κ3) is 5.61. The summed E-state index contributed by atoms with van der Waals surface area (Å²) >= 11 is 0. The summed E-state index contributed by atoms with van der Waals surface area (Å²) in [6, 6.07) is 13.6. The average molecular weight is 456 g/mol. The molecule has 1 aromatic heterocycles. The highest BCUT2D eigenvalue weighted by molar-refractivity contribution is 6.04. The number of amides is 1. The van der Waals surface area contributed by atoms with Gasteiger partial charge in [0, 0.05) is 43.6 Å². The van der Waals surface area contributed by atoms with Crippen molar-refractivity contribution in [2.45, 2.75) is 6.18 Å². The predicted molar refractivity (Wildman–Crippen MR) is 120 cm³/mol. The number of hydrogen-bond acceptors (Lipinski definition) is 5. The molecule has 0 bridgehead atoms. The number of piperazine rings is 1. The van der Waals surface area contributed by atoms with Crippen molar-refractivity contribution in [3.05, 3.63) is 78.1 Å². The second kappa shape index (κ2) is 9.50. The molecule has 1 saturated heterocycles. The Kier molecular flexibility index (Phi) is 6.50. The molecule has 1 aliphatic rings. The molecule has 1 amide bonds. The van der Waals surface area contributed by atoms with E-state index in [2.05, 4.69) is 15.2 Å². The highest BCUT2D eigenvalue weighted by Crippen LogP contribution is 2.38. The molecule has 0 radical (unpaired) electrons.